The number of alkyl halides is 2. The summed E-state index contributed by atoms with van der Waals surface area (Å²) >= 11 is 0. The average molecular weight is 507 g/mol. The molecular formula is C30H24BF2N3O2. The largest absolute Gasteiger partial charge is 0.445 e. The highest BCUT2D eigenvalue weighted by atomic mass is 19.3. The van der Waals surface area contributed by atoms with E-state index in [1.807, 2.05) is 36.4 Å². The van der Waals surface area contributed by atoms with E-state index in [2.05, 4.69) is 9.97 Å². The Morgan fingerprint density at radius 1 is 1.05 bits per heavy atom. The van der Waals surface area contributed by atoms with Gasteiger partial charge in [0.2, 0.25) is 0 Å². The summed E-state index contributed by atoms with van der Waals surface area (Å²) in [5.41, 5.74) is 3.49. The molecule has 8 heteroatoms. The smallest absolute Gasteiger partial charge is 0.410 e. The summed E-state index contributed by atoms with van der Waals surface area (Å²) < 4.78 is 36.3. The number of imidazole rings is 1. The quantitative estimate of drug-likeness (QED) is 0.353. The van der Waals surface area contributed by atoms with Crippen molar-refractivity contribution >= 4 is 19.4 Å². The zero-order valence-corrected chi connectivity index (χ0v) is 20.6. The minimum absolute atomic E-state index is 0.0457. The zero-order valence-electron chi connectivity index (χ0n) is 20.6. The first kappa shape index (κ1) is 23.2. The van der Waals surface area contributed by atoms with Crippen molar-refractivity contribution in [3.8, 4) is 22.4 Å². The number of benzene rings is 3. The van der Waals surface area contributed by atoms with Crippen LogP contribution in [0.15, 0.2) is 72.9 Å². The number of H-pyrrole nitrogens is 1. The van der Waals surface area contributed by atoms with Crippen molar-refractivity contribution in [2.75, 3.05) is 6.54 Å². The van der Waals surface area contributed by atoms with Crippen molar-refractivity contribution in [1.29, 1.82) is 0 Å². The molecule has 7 rings (SSSR count). The first-order chi connectivity index (χ1) is 18.3. The van der Waals surface area contributed by atoms with Gasteiger partial charge in [0.1, 0.15) is 20.3 Å². The molecule has 1 saturated carbocycles. The number of ether oxygens (including phenoxy) is 1. The highest BCUT2D eigenvalue weighted by Crippen LogP contribution is 2.58. The van der Waals surface area contributed by atoms with Crippen LogP contribution in [0.4, 0.5) is 13.6 Å². The average Bonchev–Trinajstić information content (AvgIpc) is 3.24. The van der Waals surface area contributed by atoms with E-state index in [4.69, 9.17) is 12.6 Å². The number of nitrogens with one attached hydrogen (secondary N) is 1. The molecule has 5 nitrogen and oxygen atoms in total. The predicted octanol–water partition coefficient (Wildman–Crippen LogP) is 5.85. The Morgan fingerprint density at radius 2 is 1.79 bits per heavy atom. The van der Waals surface area contributed by atoms with Gasteiger partial charge in [-0.2, -0.15) is 8.78 Å². The number of likely N-dealkylation sites (tertiary alicyclic amines) is 1. The van der Waals surface area contributed by atoms with E-state index < -0.39 is 5.92 Å². The lowest BCUT2D eigenvalue weighted by Crippen LogP contribution is -2.32. The molecule has 1 aromatic heterocycles. The minimum Gasteiger partial charge on any atom is -0.445 e. The van der Waals surface area contributed by atoms with Crippen molar-refractivity contribution in [1.82, 2.24) is 14.9 Å². The first-order valence-corrected chi connectivity index (χ1v) is 12.8. The van der Waals surface area contributed by atoms with Crippen LogP contribution < -0.4 is 5.46 Å². The van der Waals surface area contributed by atoms with E-state index in [0.717, 1.165) is 24.8 Å². The fourth-order valence-electron chi connectivity index (χ4n) is 5.89. The summed E-state index contributed by atoms with van der Waals surface area (Å²) in [5, 5.41) is 0. The van der Waals surface area contributed by atoms with Gasteiger partial charge in [0.15, 0.2) is 0 Å². The highest BCUT2D eigenvalue weighted by molar-refractivity contribution is 6.32. The molecule has 2 radical (unpaired) electrons. The van der Waals surface area contributed by atoms with Gasteiger partial charge in [-0.1, -0.05) is 66.1 Å². The van der Waals surface area contributed by atoms with Crippen LogP contribution in [0.25, 0.3) is 22.4 Å². The van der Waals surface area contributed by atoms with E-state index >= 15 is 8.78 Å². The first-order valence-electron chi connectivity index (χ1n) is 12.8. The third-order valence-corrected chi connectivity index (χ3v) is 8.16. The van der Waals surface area contributed by atoms with Gasteiger partial charge in [-0.25, -0.2) is 9.78 Å². The fourth-order valence-corrected chi connectivity index (χ4v) is 5.89. The van der Waals surface area contributed by atoms with E-state index in [0.29, 0.717) is 40.2 Å². The van der Waals surface area contributed by atoms with E-state index in [-0.39, 0.29) is 35.3 Å². The molecule has 3 aliphatic rings. The van der Waals surface area contributed by atoms with Crippen LogP contribution in [0.5, 0.6) is 0 Å². The van der Waals surface area contributed by atoms with Crippen LogP contribution >= 0.6 is 0 Å². The van der Waals surface area contributed by atoms with Gasteiger partial charge in [-0.15, -0.1) is 0 Å². The lowest BCUT2D eigenvalue weighted by Gasteiger charge is -2.22. The molecule has 3 aromatic carbocycles. The molecule has 1 N–H and O–H groups in total. The summed E-state index contributed by atoms with van der Waals surface area (Å²) in [5.74, 6) is -2.49. The summed E-state index contributed by atoms with van der Waals surface area (Å²) in [6.45, 7) is 0.838. The summed E-state index contributed by atoms with van der Waals surface area (Å²) in [6, 6.07) is 19.0. The summed E-state index contributed by atoms with van der Waals surface area (Å²) in [4.78, 5) is 22.8. The Labute approximate surface area is 220 Å². The summed E-state index contributed by atoms with van der Waals surface area (Å²) in [7, 11) is 5.79. The van der Waals surface area contributed by atoms with Crippen LogP contribution in [0, 0.1) is 5.41 Å². The number of halogens is 2. The Hall–Kier alpha value is -3.94. The number of amides is 1. The molecule has 1 spiro atoms. The van der Waals surface area contributed by atoms with Crippen LogP contribution in [-0.4, -0.2) is 35.4 Å². The van der Waals surface area contributed by atoms with E-state index in [1.165, 1.54) is 12.1 Å². The maximum absolute atomic E-state index is 15.3. The van der Waals surface area contributed by atoms with Crippen LogP contribution in [-0.2, 0) is 17.3 Å². The van der Waals surface area contributed by atoms with Crippen molar-refractivity contribution in [3.63, 3.8) is 0 Å². The van der Waals surface area contributed by atoms with E-state index in [9.17, 15) is 4.79 Å². The molecule has 38 heavy (non-hydrogen) atoms. The molecule has 1 aliphatic heterocycles. The third-order valence-electron chi connectivity index (χ3n) is 8.16. The molecule has 1 amide bonds. The monoisotopic (exact) mass is 507 g/mol. The topological polar surface area (TPSA) is 58.2 Å². The third kappa shape index (κ3) is 3.73. The molecule has 2 aliphatic carbocycles. The molecular weight excluding hydrogens is 483 g/mol. The number of fused-ring (bicyclic) bond motifs is 3. The van der Waals surface area contributed by atoms with Gasteiger partial charge in [0.25, 0.3) is 5.92 Å². The van der Waals surface area contributed by atoms with Crippen LogP contribution in [0.2, 0.25) is 0 Å². The molecule has 4 aromatic rings. The number of aromatic amines is 1. The maximum Gasteiger partial charge on any atom is 0.410 e. The number of carbonyl (C=O) groups excluding carboxylic acids is 1. The second kappa shape index (κ2) is 8.28. The number of nitrogens with zero attached hydrogens (tertiary/aromatic N) is 2. The molecule has 188 valence electrons. The Balaban J connectivity index is 1.15. The van der Waals surface area contributed by atoms with Crippen molar-refractivity contribution in [2.24, 2.45) is 5.41 Å². The molecule has 0 unspecified atom stereocenters. The van der Waals surface area contributed by atoms with Gasteiger partial charge in [0.05, 0.1) is 17.9 Å². The van der Waals surface area contributed by atoms with Crippen LogP contribution in [0.1, 0.15) is 47.8 Å². The van der Waals surface area contributed by atoms with Crippen molar-refractivity contribution < 1.29 is 18.3 Å². The maximum atomic E-state index is 15.3. The molecule has 1 saturated heterocycles. The second-order valence-electron chi connectivity index (χ2n) is 10.7. The predicted molar refractivity (Wildman–Crippen MR) is 140 cm³/mol. The fraction of sp³-hybridized carbons (Fsp3) is 0.267. The lowest BCUT2D eigenvalue weighted by molar-refractivity contribution is 0.0481. The lowest BCUT2D eigenvalue weighted by atomic mass is 9.91. The van der Waals surface area contributed by atoms with Gasteiger partial charge in [-0.3, -0.25) is 4.90 Å². The summed E-state index contributed by atoms with van der Waals surface area (Å²) in [6.07, 6.45) is 4.24. The number of hydrogen-bond acceptors (Lipinski definition) is 3. The highest BCUT2D eigenvalue weighted by Gasteiger charge is 2.55. The van der Waals surface area contributed by atoms with E-state index in [1.54, 1.807) is 29.3 Å². The van der Waals surface area contributed by atoms with Crippen LogP contribution in [0.3, 0.4) is 0 Å². The standard InChI is InChI=1S/C30H24BF2N3O2/c31-20-7-9-22-21-8-6-19(12-23(21)30(32,33)24(22)13-20)25-15-34-27(35-25)26-14-29(10-11-29)17-36(26)28(37)38-16-18-4-2-1-3-5-18/h1-9,12-13,15,26H,10-11,14,16-17H2,(H,34,35)/t26-/m0/s1. The number of hydrogen-bond donors (Lipinski definition) is 1. The van der Waals surface area contributed by atoms with Gasteiger partial charge < -0.3 is 9.72 Å². The Kier molecular flexibility index (Phi) is 5.06. The normalized spacial score (nSPS) is 19.8. The van der Waals surface area contributed by atoms with Crippen molar-refractivity contribution in [2.45, 2.75) is 37.8 Å². The van der Waals surface area contributed by atoms with Gasteiger partial charge in [0, 0.05) is 23.2 Å². The molecule has 0 bridgehead atoms. The van der Waals surface area contributed by atoms with Crippen molar-refractivity contribution in [3.05, 3.63) is 95.4 Å². The zero-order chi connectivity index (χ0) is 26.1. The molecule has 1 atom stereocenters. The Bertz CT molecular complexity index is 1560. The number of carbonyl (C=O) groups is 1. The van der Waals surface area contributed by atoms with Gasteiger partial charge in [-0.05, 0) is 47.4 Å². The molecule has 2 fully saturated rings. The minimum atomic E-state index is -3.14. The number of rotatable bonds is 4. The SMILES string of the molecule is [B]c1ccc2c(c1)C(F)(F)c1cc(-c3cnc([C@@H]4CC5(CC5)CN4C(=O)OCc4ccccc4)[nH]3)ccc1-2. The van der Waals surface area contributed by atoms with Gasteiger partial charge >= 0.3 is 6.09 Å². The number of aromatic nitrogens is 2. The molecule has 2 heterocycles. The second-order valence-corrected chi connectivity index (χ2v) is 10.7. The Morgan fingerprint density at radius 3 is 2.55 bits per heavy atom.